The van der Waals surface area contributed by atoms with Crippen molar-refractivity contribution >= 4 is 17.4 Å². The van der Waals surface area contributed by atoms with Crippen LogP contribution in [0.1, 0.15) is 29.3 Å². The van der Waals surface area contributed by atoms with Crippen LogP contribution in [0.2, 0.25) is 0 Å². The lowest BCUT2D eigenvalue weighted by Gasteiger charge is -2.08. The van der Waals surface area contributed by atoms with Gasteiger partial charge in [0.25, 0.3) is 5.91 Å². The first-order chi connectivity index (χ1) is 14.0. The van der Waals surface area contributed by atoms with Crippen LogP contribution in [0, 0.1) is 17.6 Å². The molecule has 0 spiro atoms. The molecule has 0 fully saturated rings. The molecule has 2 aromatic heterocycles. The molecule has 9 heteroatoms. The van der Waals surface area contributed by atoms with Gasteiger partial charge in [-0.1, -0.05) is 18.1 Å². The van der Waals surface area contributed by atoms with E-state index in [1.165, 1.54) is 30.6 Å². The van der Waals surface area contributed by atoms with Crippen LogP contribution in [0.15, 0.2) is 60.0 Å². The Morgan fingerprint density at radius 1 is 1.03 bits per heavy atom. The normalized spacial score (nSPS) is 11.2. The lowest BCUT2D eigenvalue weighted by Crippen LogP contribution is -2.16. The van der Waals surface area contributed by atoms with E-state index in [4.69, 9.17) is 4.84 Å². The zero-order valence-electron chi connectivity index (χ0n) is 15.2. The summed E-state index contributed by atoms with van der Waals surface area (Å²) in [6.45, 7) is 1.85. The third-order valence-corrected chi connectivity index (χ3v) is 3.82. The lowest BCUT2D eigenvalue weighted by atomic mass is 10.1. The highest BCUT2D eigenvalue weighted by molar-refractivity contribution is 6.04. The first-order valence-corrected chi connectivity index (χ1v) is 8.55. The predicted molar refractivity (Wildman–Crippen MR) is 100 cm³/mol. The Balaban J connectivity index is 1.72. The van der Waals surface area contributed by atoms with Gasteiger partial charge < -0.3 is 10.2 Å². The monoisotopic (exact) mass is 400 g/mol. The van der Waals surface area contributed by atoms with Crippen LogP contribution in [0.4, 0.5) is 19.0 Å². The Bertz CT molecular complexity index is 1020. The number of hydrogen-bond acceptors (Lipinski definition) is 5. The number of benzene rings is 1. The van der Waals surface area contributed by atoms with Crippen molar-refractivity contribution < 1.29 is 22.8 Å². The summed E-state index contributed by atoms with van der Waals surface area (Å²) in [6, 6.07) is 8.78. The summed E-state index contributed by atoms with van der Waals surface area (Å²) in [5, 5.41) is 6.34. The Labute approximate surface area is 164 Å². The molecule has 0 aliphatic carbocycles. The molecule has 1 N–H and O–H groups in total. The number of halogens is 3. The number of carbonyl (C=O) groups excluding carboxylic acids is 1. The van der Waals surface area contributed by atoms with Crippen LogP contribution in [-0.4, -0.2) is 21.6 Å². The maximum Gasteiger partial charge on any atom is 0.262 e. The molecule has 0 aliphatic heterocycles. The number of nitrogens with one attached hydrogen (secondary N) is 1. The first kappa shape index (κ1) is 20.0. The molecule has 0 radical (unpaired) electrons. The van der Waals surface area contributed by atoms with Gasteiger partial charge in [0.1, 0.15) is 23.0 Å². The molecular formula is C20H15F3N4O2. The van der Waals surface area contributed by atoms with E-state index in [1.54, 1.807) is 6.07 Å². The van der Waals surface area contributed by atoms with Gasteiger partial charge in [0.15, 0.2) is 5.75 Å². The van der Waals surface area contributed by atoms with Crippen molar-refractivity contribution in [3.63, 3.8) is 0 Å². The topological polar surface area (TPSA) is 76.5 Å². The Hall–Kier alpha value is -3.75. The van der Waals surface area contributed by atoms with Crippen LogP contribution in [0.5, 0.6) is 5.75 Å². The smallest absolute Gasteiger partial charge is 0.262 e. The molecular weight excluding hydrogens is 385 g/mol. The molecule has 1 amide bonds. The Kier molecular flexibility index (Phi) is 6.18. The summed E-state index contributed by atoms with van der Waals surface area (Å²) in [5.74, 6) is -3.13. The van der Waals surface area contributed by atoms with Gasteiger partial charge in [-0.25, -0.2) is 18.7 Å². The highest BCUT2D eigenvalue weighted by Crippen LogP contribution is 2.16. The summed E-state index contributed by atoms with van der Waals surface area (Å²) in [4.78, 5) is 24.9. The first-order valence-electron chi connectivity index (χ1n) is 8.55. The molecule has 2 heterocycles. The minimum absolute atomic E-state index is 0.112. The molecule has 0 bridgehead atoms. The zero-order chi connectivity index (χ0) is 20.8. The van der Waals surface area contributed by atoms with Gasteiger partial charge in [0, 0.05) is 11.8 Å². The largest absolute Gasteiger partial charge is 0.355 e. The molecule has 148 valence electrons. The van der Waals surface area contributed by atoms with Gasteiger partial charge in [-0.05, 0) is 42.8 Å². The lowest BCUT2D eigenvalue weighted by molar-refractivity contribution is 0.101. The number of carbonyl (C=O) groups is 1. The average Bonchev–Trinajstić information content (AvgIpc) is 2.71. The predicted octanol–water partition coefficient (Wildman–Crippen LogP) is 4.34. The van der Waals surface area contributed by atoms with E-state index in [-0.39, 0.29) is 11.6 Å². The van der Waals surface area contributed by atoms with Crippen molar-refractivity contribution in [1.82, 2.24) is 9.97 Å². The van der Waals surface area contributed by atoms with E-state index >= 15 is 0 Å². The summed E-state index contributed by atoms with van der Waals surface area (Å²) in [5.41, 5.74) is 0.466. The van der Waals surface area contributed by atoms with Gasteiger partial charge in [-0.2, -0.15) is 4.39 Å². The summed E-state index contributed by atoms with van der Waals surface area (Å²) >= 11 is 0. The van der Waals surface area contributed by atoms with Gasteiger partial charge in [-0.3, -0.25) is 4.79 Å². The molecule has 1 aromatic carbocycles. The third-order valence-electron chi connectivity index (χ3n) is 3.82. The molecule has 0 aliphatic rings. The van der Waals surface area contributed by atoms with Crippen LogP contribution >= 0.6 is 0 Å². The SMILES string of the molecule is CCC(=NOc1ccc(F)nc1)c1ccc(NC(=O)c2c(F)cccc2F)nc1. The van der Waals surface area contributed by atoms with E-state index in [0.717, 1.165) is 18.2 Å². The highest BCUT2D eigenvalue weighted by Gasteiger charge is 2.17. The highest BCUT2D eigenvalue weighted by atomic mass is 19.1. The van der Waals surface area contributed by atoms with Crippen LogP contribution in [-0.2, 0) is 0 Å². The van der Waals surface area contributed by atoms with E-state index in [2.05, 4.69) is 20.4 Å². The van der Waals surface area contributed by atoms with Crippen molar-refractivity contribution in [3.8, 4) is 5.75 Å². The molecule has 3 rings (SSSR count). The van der Waals surface area contributed by atoms with Crippen molar-refractivity contribution in [2.75, 3.05) is 5.32 Å². The standard InChI is InChI=1S/C20H15F3N4O2/c1-2-16(27-29-13-7-8-17(23)24-11-13)12-6-9-18(25-10-12)26-20(28)19-14(21)4-3-5-15(19)22/h3-11H,2H2,1H3,(H,25,26,28). The van der Waals surface area contributed by atoms with Gasteiger partial charge >= 0.3 is 0 Å². The van der Waals surface area contributed by atoms with Crippen molar-refractivity contribution in [2.45, 2.75) is 13.3 Å². The molecule has 0 atom stereocenters. The Morgan fingerprint density at radius 2 is 1.79 bits per heavy atom. The summed E-state index contributed by atoms with van der Waals surface area (Å²) in [7, 11) is 0. The second kappa shape index (κ2) is 8.96. The maximum absolute atomic E-state index is 13.7. The summed E-state index contributed by atoms with van der Waals surface area (Å²) in [6.07, 6.45) is 3.13. The quantitative estimate of drug-likeness (QED) is 0.379. The molecule has 29 heavy (non-hydrogen) atoms. The number of amides is 1. The fourth-order valence-electron chi connectivity index (χ4n) is 2.38. The van der Waals surface area contributed by atoms with E-state index in [1.807, 2.05) is 6.92 Å². The number of pyridine rings is 2. The minimum atomic E-state index is -0.966. The fraction of sp³-hybridized carbons (Fsp3) is 0.100. The summed E-state index contributed by atoms with van der Waals surface area (Å²) < 4.78 is 40.2. The number of nitrogens with zero attached hydrogens (tertiary/aromatic N) is 3. The van der Waals surface area contributed by atoms with Crippen LogP contribution < -0.4 is 10.2 Å². The third kappa shape index (κ3) is 4.95. The van der Waals surface area contributed by atoms with Gasteiger partial charge in [0.2, 0.25) is 5.95 Å². The Morgan fingerprint density at radius 3 is 2.38 bits per heavy atom. The number of hydrogen-bond donors (Lipinski definition) is 1. The average molecular weight is 400 g/mol. The molecule has 0 saturated carbocycles. The van der Waals surface area contributed by atoms with Crippen molar-refractivity contribution in [3.05, 3.63) is 83.6 Å². The molecule has 6 nitrogen and oxygen atoms in total. The van der Waals surface area contributed by atoms with Crippen molar-refractivity contribution in [2.24, 2.45) is 5.16 Å². The van der Waals surface area contributed by atoms with E-state index in [9.17, 15) is 18.0 Å². The molecule has 0 unspecified atom stereocenters. The van der Waals surface area contributed by atoms with Crippen LogP contribution in [0.3, 0.4) is 0 Å². The van der Waals surface area contributed by atoms with Gasteiger partial charge in [0.05, 0.1) is 11.9 Å². The second-order valence-corrected chi connectivity index (χ2v) is 5.78. The van der Waals surface area contributed by atoms with Gasteiger partial charge in [-0.15, -0.1) is 0 Å². The second-order valence-electron chi connectivity index (χ2n) is 5.78. The molecule has 3 aromatic rings. The number of oxime groups is 1. The minimum Gasteiger partial charge on any atom is -0.355 e. The number of anilines is 1. The maximum atomic E-state index is 13.7. The van der Waals surface area contributed by atoms with Crippen molar-refractivity contribution in [1.29, 1.82) is 0 Å². The number of rotatable bonds is 6. The van der Waals surface area contributed by atoms with Crippen LogP contribution in [0.25, 0.3) is 0 Å². The van der Waals surface area contributed by atoms with E-state index < -0.39 is 29.1 Å². The van der Waals surface area contributed by atoms with E-state index in [0.29, 0.717) is 17.7 Å². The molecule has 0 saturated heterocycles. The fourth-order valence-corrected chi connectivity index (χ4v) is 2.38. The number of aromatic nitrogens is 2. The zero-order valence-corrected chi connectivity index (χ0v) is 15.2.